The molecule has 1 fully saturated rings. The van der Waals surface area contributed by atoms with Crippen molar-refractivity contribution in [2.75, 3.05) is 6.54 Å². The molecule has 3 rings (SSSR count). The highest BCUT2D eigenvalue weighted by Gasteiger charge is 2.35. The molecule has 5 heteroatoms. The SMILES string of the molecule is O=S(=O)(c1ccccc1)N1CCCC1c1cccc(Br)c1. The zero-order chi connectivity index (χ0) is 14.9. The molecule has 1 atom stereocenters. The summed E-state index contributed by atoms with van der Waals surface area (Å²) in [6.45, 7) is 0.578. The summed E-state index contributed by atoms with van der Waals surface area (Å²) in [4.78, 5) is 0.367. The Kier molecular flexibility index (Phi) is 4.15. The number of hydrogen-bond donors (Lipinski definition) is 0. The molecule has 1 saturated heterocycles. The van der Waals surface area contributed by atoms with Gasteiger partial charge in [-0.1, -0.05) is 46.3 Å². The summed E-state index contributed by atoms with van der Waals surface area (Å²) in [6, 6.07) is 16.5. The molecule has 1 heterocycles. The minimum atomic E-state index is -3.43. The molecule has 2 aromatic carbocycles. The third kappa shape index (κ3) is 2.91. The summed E-state index contributed by atoms with van der Waals surface area (Å²) in [5.41, 5.74) is 1.04. The molecule has 0 aliphatic carbocycles. The Morgan fingerprint density at radius 3 is 2.52 bits per heavy atom. The monoisotopic (exact) mass is 365 g/mol. The van der Waals surface area contributed by atoms with Crippen molar-refractivity contribution in [3.63, 3.8) is 0 Å². The summed E-state index contributed by atoms with van der Waals surface area (Å²) in [6.07, 6.45) is 1.76. The third-order valence-electron chi connectivity index (χ3n) is 3.79. The van der Waals surface area contributed by atoms with E-state index in [2.05, 4.69) is 15.9 Å². The summed E-state index contributed by atoms with van der Waals surface area (Å²) >= 11 is 3.46. The van der Waals surface area contributed by atoms with E-state index >= 15 is 0 Å². The molecule has 1 aliphatic heterocycles. The maximum Gasteiger partial charge on any atom is 0.243 e. The number of hydrogen-bond acceptors (Lipinski definition) is 2. The summed E-state index contributed by atoms with van der Waals surface area (Å²) in [5.74, 6) is 0. The normalized spacial score (nSPS) is 19.8. The highest BCUT2D eigenvalue weighted by molar-refractivity contribution is 9.10. The van der Waals surface area contributed by atoms with Gasteiger partial charge in [-0.25, -0.2) is 8.42 Å². The van der Waals surface area contributed by atoms with Crippen LogP contribution in [0.2, 0.25) is 0 Å². The highest BCUT2D eigenvalue weighted by atomic mass is 79.9. The molecule has 0 amide bonds. The van der Waals surface area contributed by atoms with Gasteiger partial charge in [0.15, 0.2) is 0 Å². The van der Waals surface area contributed by atoms with Crippen molar-refractivity contribution in [2.45, 2.75) is 23.8 Å². The van der Waals surface area contributed by atoms with E-state index in [1.165, 1.54) is 0 Å². The van der Waals surface area contributed by atoms with Crippen molar-refractivity contribution in [3.05, 3.63) is 64.6 Å². The topological polar surface area (TPSA) is 37.4 Å². The molecule has 0 saturated carbocycles. The van der Waals surface area contributed by atoms with E-state index in [9.17, 15) is 8.42 Å². The Morgan fingerprint density at radius 2 is 1.81 bits per heavy atom. The smallest absolute Gasteiger partial charge is 0.207 e. The van der Waals surface area contributed by atoms with Crippen molar-refractivity contribution < 1.29 is 8.42 Å². The van der Waals surface area contributed by atoms with E-state index < -0.39 is 10.0 Å². The third-order valence-corrected chi connectivity index (χ3v) is 6.20. The van der Waals surface area contributed by atoms with Crippen LogP contribution < -0.4 is 0 Å². The Hall–Kier alpha value is -1.17. The van der Waals surface area contributed by atoms with Crippen LogP contribution in [0.15, 0.2) is 64.0 Å². The first kappa shape index (κ1) is 14.8. The molecule has 110 valence electrons. The van der Waals surface area contributed by atoms with Gasteiger partial charge >= 0.3 is 0 Å². The average molecular weight is 366 g/mol. The van der Waals surface area contributed by atoms with Gasteiger partial charge < -0.3 is 0 Å². The van der Waals surface area contributed by atoms with Crippen LogP contribution >= 0.6 is 15.9 Å². The summed E-state index contributed by atoms with van der Waals surface area (Å²) < 4.78 is 28.2. The first-order chi connectivity index (χ1) is 10.1. The second-order valence-electron chi connectivity index (χ2n) is 5.14. The maximum absolute atomic E-state index is 12.8. The fraction of sp³-hybridized carbons (Fsp3) is 0.250. The van der Waals surface area contributed by atoms with E-state index in [1.54, 1.807) is 28.6 Å². The molecule has 2 aromatic rings. The van der Waals surface area contributed by atoms with Gasteiger partial charge in [-0.3, -0.25) is 0 Å². The summed E-state index contributed by atoms with van der Waals surface area (Å²) in [5, 5.41) is 0. The molecule has 1 unspecified atom stereocenters. The predicted molar refractivity (Wildman–Crippen MR) is 86.5 cm³/mol. The maximum atomic E-state index is 12.8. The van der Waals surface area contributed by atoms with Gasteiger partial charge in [-0.05, 0) is 42.7 Å². The van der Waals surface area contributed by atoms with Gasteiger partial charge in [0, 0.05) is 11.0 Å². The minimum absolute atomic E-state index is 0.0762. The fourth-order valence-electron chi connectivity index (χ4n) is 2.80. The van der Waals surface area contributed by atoms with Gasteiger partial charge in [0.05, 0.1) is 10.9 Å². The Morgan fingerprint density at radius 1 is 1.05 bits per heavy atom. The molecule has 3 nitrogen and oxygen atoms in total. The highest BCUT2D eigenvalue weighted by Crippen LogP contribution is 2.37. The van der Waals surface area contributed by atoms with Gasteiger partial charge in [-0.2, -0.15) is 4.31 Å². The van der Waals surface area contributed by atoms with Crippen LogP contribution in [0.25, 0.3) is 0 Å². The minimum Gasteiger partial charge on any atom is -0.207 e. The van der Waals surface area contributed by atoms with Crippen molar-refractivity contribution in [1.82, 2.24) is 4.31 Å². The molecular weight excluding hydrogens is 350 g/mol. The largest absolute Gasteiger partial charge is 0.243 e. The van der Waals surface area contributed by atoms with Crippen LogP contribution in [0.4, 0.5) is 0 Å². The number of sulfonamides is 1. The van der Waals surface area contributed by atoms with Gasteiger partial charge in [-0.15, -0.1) is 0 Å². The van der Waals surface area contributed by atoms with Crippen LogP contribution in [0.3, 0.4) is 0 Å². The molecule has 0 radical (unpaired) electrons. The fourth-order valence-corrected chi connectivity index (χ4v) is 4.92. The zero-order valence-corrected chi connectivity index (χ0v) is 13.8. The predicted octanol–water partition coefficient (Wildman–Crippen LogP) is 3.97. The molecule has 0 aromatic heterocycles. The van der Waals surface area contributed by atoms with E-state index in [4.69, 9.17) is 0 Å². The molecular formula is C16H16BrNO2S. The molecule has 0 N–H and O–H groups in total. The number of nitrogens with zero attached hydrogens (tertiary/aromatic N) is 1. The van der Waals surface area contributed by atoms with E-state index in [0.29, 0.717) is 11.4 Å². The average Bonchev–Trinajstić information content (AvgIpc) is 2.98. The van der Waals surface area contributed by atoms with Crippen LogP contribution in [-0.2, 0) is 10.0 Å². The van der Waals surface area contributed by atoms with Crippen LogP contribution in [0, 0.1) is 0 Å². The van der Waals surface area contributed by atoms with Crippen LogP contribution in [0.1, 0.15) is 24.4 Å². The lowest BCUT2D eigenvalue weighted by atomic mass is 10.1. The standard InChI is InChI=1S/C16H16BrNO2S/c17-14-7-4-6-13(12-14)16-10-5-11-18(16)21(19,20)15-8-2-1-3-9-15/h1-4,6-9,12,16H,5,10-11H2. The quantitative estimate of drug-likeness (QED) is 0.824. The lowest BCUT2D eigenvalue weighted by molar-refractivity contribution is 0.396. The Labute approximate surface area is 133 Å². The Balaban J connectivity index is 1.98. The second-order valence-corrected chi connectivity index (χ2v) is 7.95. The van der Waals surface area contributed by atoms with E-state index in [0.717, 1.165) is 22.9 Å². The first-order valence-corrected chi connectivity index (χ1v) is 9.15. The van der Waals surface area contributed by atoms with Crippen molar-refractivity contribution in [2.24, 2.45) is 0 Å². The van der Waals surface area contributed by atoms with Crippen LogP contribution in [0.5, 0.6) is 0 Å². The molecule has 0 bridgehead atoms. The van der Waals surface area contributed by atoms with Crippen molar-refractivity contribution in [3.8, 4) is 0 Å². The lowest BCUT2D eigenvalue weighted by Gasteiger charge is -2.24. The molecule has 0 spiro atoms. The summed E-state index contributed by atoms with van der Waals surface area (Å²) in [7, 11) is -3.43. The van der Waals surface area contributed by atoms with Crippen molar-refractivity contribution in [1.29, 1.82) is 0 Å². The first-order valence-electron chi connectivity index (χ1n) is 6.91. The van der Waals surface area contributed by atoms with Crippen molar-refractivity contribution >= 4 is 26.0 Å². The number of halogens is 1. The zero-order valence-electron chi connectivity index (χ0n) is 11.4. The molecule has 1 aliphatic rings. The lowest BCUT2D eigenvalue weighted by Crippen LogP contribution is -2.30. The number of benzene rings is 2. The van der Waals surface area contributed by atoms with E-state index in [1.807, 2.05) is 30.3 Å². The van der Waals surface area contributed by atoms with E-state index in [-0.39, 0.29) is 6.04 Å². The van der Waals surface area contributed by atoms with Gasteiger partial charge in [0.25, 0.3) is 0 Å². The van der Waals surface area contributed by atoms with Crippen LogP contribution in [-0.4, -0.2) is 19.3 Å². The van der Waals surface area contributed by atoms with Gasteiger partial charge in [0.1, 0.15) is 0 Å². The number of rotatable bonds is 3. The molecule has 21 heavy (non-hydrogen) atoms. The van der Waals surface area contributed by atoms with Gasteiger partial charge in [0.2, 0.25) is 10.0 Å². The Bertz CT molecular complexity index is 731. The second kappa shape index (κ2) is 5.91.